The fraction of sp³-hybridized carbons (Fsp3) is 0. The molecule has 0 atom stereocenters. The fourth-order valence-corrected chi connectivity index (χ4v) is 8.86. The van der Waals surface area contributed by atoms with Crippen LogP contribution in [-0.2, 0) is 0 Å². The van der Waals surface area contributed by atoms with Crippen molar-refractivity contribution in [2.45, 2.75) is 0 Å². The highest BCUT2D eigenvalue weighted by Crippen LogP contribution is 2.41. The first-order chi connectivity index (χ1) is 30.2. The van der Waals surface area contributed by atoms with Gasteiger partial charge in [0.25, 0.3) is 0 Å². The van der Waals surface area contributed by atoms with E-state index in [1.165, 1.54) is 88.0 Å². The van der Waals surface area contributed by atoms with Crippen molar-refractivity contribution in [3.05, 3.63) is 249 Å². The van der Waals surface area contributed by atoms with Gasteiger partial charge in [-0.2, -0.15) is 0 Å². The molecular formula is C60H41N. The van der Waals surface area contributed by atoms with Gasteiger partial charge in [-0.3, -0.25) is 0 Å². The molecule has 1 heteroatoms. The molecule has 0 amide bonds. The van der Waals surface area contributed by atoms with Crippen LogP contribution in [0.3, 0.4) is 0 Å². The summed E-state index contributed by atoms with van der Waals surface area (Å²) < 4.78 is 0. The summed E-state index contributed by atoms with van der Waals surface area (Å²) in [6, 6.07) is 90.4. The SMILES string of the molecule is c1ccc(-c2c(-c3ccc(N(c4ccc(-c5ccc(-c6ccc7ccccc7c6)cc5)cc4)c4ccc(-c5ccc6ccccc6c5)cc4)cc3)ccc3ccccc23)cc1. The lowest BCUT2D eigenvalue weighted by atomic mass is 9.90. The van der Waals surface area contributed by atoms with Crippen LogP contribution >= 0.6 is 0 Å². The second kappa shape index (κ2) is 15.6. The smallest absolute Gasteiger partial charge is 0.0462 e. The van der Waals surface area contributed by atoms with E-state index in [1.807, 2.05) is 0 Å². The standard InChI is InChI=1S/C60H41N/c1-2-13-50(14-3-1)60-58-17-9-8-12-48(58)32-39-59(60)49-30-37-57(38-31-49)61(56-35-28-47(29-36-56)54-25-23-43-11-5-7-16-52(43)41-54)55-33-26-45(27-34-55)44-18-20-46(21-19-44)53-24-22-42-10-4-6-15-51(42)40-53/h1-41H. The van der Waals surface area contributed by atoms with Gasteiger partial charge in [-0.15, -0.1) is 0 Å². The zero-order chi connectivity index (χ0) is 40.5. The first-order valence-electron chi connectivity index (χ1n) is 21.0. The third kappa shape index (κ3) is 7.03. The van der Waals surface area contributed by atoms with E-state index in [4.69, 9.17) is 0 Å². The molecule has 0 heterocycles. The van der Waals surface area contributed by atoms with Gasteiger partial charge in [0.15, 0.2) is 0 Å². The zero-order valence-electron chi connectivity index (χ0n) is 33.6. The van der Waals surface area contributed by atoms with E-state index < -0.39 is 0 Å². The minimum Gasteiger partial charge on any atom is -0.311 e. The summed E-state index contributed by atoms with van der Waals surface area (Å²) >= 11 is 0. The molecule has 0 aliphatic rings. The Morgan fingerprint density at radius 2 is 0.574 bits per heavy atom. The molecule has 11 aromatic carbocycles. The van der Waals surface area contributed by atoms with Gasteiger partial charge in [-0.25, -0.2) is 0 Å². The Labute approximate surface area is 357 Å². The van der Waals surface area contributed by atoms with Crippen LogP contribution in [0.25, 0.3) is 88.0 Å². The molecule has 0 aromatic heterocycles. The number of benzene rings is 11. The Kier molecular flexibility index (Phi) is 9.26. The molecule has 0 spiro atoms. The van der Waals surface area contributed by atoms with Gasteiger partial charge in [-0.05, 0) is 136 Å². The number of nitrogens with zero attached hydrogens (tertiary/aromatic N) is 1. The highest BCUT2D eigenvalue weighted by atomic mass is 15.1. The molecule has 0 saturated heterocycles. The van der Waals surface area contributed by atoms with Crippen molar-refractivity contribution in [3.63, 3.8) is 0 Å². The molecule has 0 fully saturated rings. The highest BCUT2D eigenvalue weighted by Gasteiger charge is 2.16. The molecule has 0 N–H and O–H groups in total. The van der Waals surface area contributed by atoms with E-state index in [-0.39, 0.29) is 0 Å². The normalized spacial score (nSPS) is 11.3. The summed E-state index contributed by atoms with van der Waals surface area (Å²) in [7, 11) is 0. The van der Waals surface area contributed by atoms with Crippen LogP contribution in [0.4, 0.5) is 17.1 Å². The lowest BCUT2D eigenvalue weighted by molar-refractivity contribution is 1.28. The predicted octanol–water partition coefficient (Wildman–Crippen LogP) is 17.0. The van der Waals surface area contributed by atoms with Crippen LogP contribution < -0.4 is 4.90 Å². The predicted molar refractivity (Wildman–Crippen MR) is 261 cm³/mol. The second-order valence-corrected chi connectivity index (χ2v) is 15.8. The molecule has 11 aromatic rings. The Balaban J connectivity index is 0.951. The van der Waals surface area contributed by atoms with E-state index in [1.54, 1.807) is 0 Å². The number of rotatable bonds is 8. The van der Waals surface area contributed by atoms with Gasteiger partial charge >= 0.3 is 0 Å². The van der Waals surface area contributed by atoms with E-state index in [0.29, 0.717) is 0 Å². The molecular weight excluding hydrogens is 735 g/mol. The Morgan fingerprint density at radius 1 is 0.213 bits per heavy atom. The number of hydrogen-bond acceptors (Lipinski definition) is 1. The minimum atomic E-state index is 1.09. The van der Waals surface area contributed by atoms with E-state index in [2.05, 4.69) is 254 Å². The molecule has 0 aliphatic carbocycles. The second-order valence-electron chi connectivity index (χ2n) is 15.8. The molecule has 1 nitrogen and oxygen atoms in total. The zero-order valence-corrected chi connectivity index (χ0v) is 33.6. The largest absolute Gasteiger partial charge is 0.311 e. The lowest BCUT2D eigenvalue weighted by Crippen LogP contribution is -2.09. The molecule has 286 valence electrons. The van der Waals surface area contributed by atoms with Crippen molar-refractivity contribution in [3.8, 4) is 55.6 Å². The first-order valence-corrected chi connectivity index (χ1v) is 21.0. The van der Waals surface area contributed by atoms with Crippen LogP contribution in [0.2, 0.25) is 0 Å². The summed E-state index contributed by atoms with van der Waals surface area (Å²) in [5.74, 6) is 0. The average Bonchev–Trinajstić information content (AvgIpc) is 3.34. The number of anilines is 3. The van der Waals surface area contributed by atoms with Crippen LogP contribution in [0.15, 0.2) is 249 Å². The lowest BCUT2D eigenvalue weighted by Gasteiger charge is -2.26. The van der Waals surface area contributed by atoms with Crippen molar-refractivity contribution in [1.82, 2.24) is 0 Å². The van der Waals surface area contributed by atoms with E-state index in [9.17, 15) is 0 Å². The number of fused-ring (bicyclic) bond motifs is 3. The molecule has 0 aliphatic heterocycles. The fourth-order valence-electron chi connectivity index (χ4n) is 8.86. The van der Waals surface area contributed by atoms with Crippen molar-refractivity contribution < 1.29 is 0 Å². The van der Waals surface area contributed by atoms with Gasteiger partial charge < -0.3 is 4.90 Å². The minimum absolute atomic E-state index is 1.09. The number of hydrogen-bond donors (Lipinski definition) is 0. The molecule has 0 unspecified atom stereocenters. The molecule has 0 radical (unpaired) electrons. The third-order valence-corrected chi connectivity index (χ3v) is 12.1. The summed E-state index contributed by atoms with van der Waals surface area (Å²) in [5, 5.41) is 7.51. The molecule has 11 rings (SSSR count). The Morgan fingerprint density at radius 3 is 1.08 bits per heavy atom. The van der Waals surface area contributed by atoms with Gasteiger partial charge in [0, 0.05) is 17.1 Å². The maximum absolute atomic E-state index is 2.36. The van der Waals surface area contributed by atoms with Crippen LogP contribution in [-0.4, -0.2) is 0 Å². The monoisotopic (exact) mass is 775 g/mol. The van der Waals surface area contributed by atoms with E-state index in [0.717, 1.165) is 17.1 Å². The topological polar surface area (TPSA) is 3.24 Å². The quantitative estimate of drug-likeness (QED) is 0.149. The van der Waals surface area contributed by atoms with Crippen molar-refractivity contribution in [2.75, 3.05) is 4.90 Å². The molecule has 0 bridgehead atoms. The molecule has 0 saturated carbocycles. The van der Waals surface area contributed by atoms with Crippen LogP contribution in [0.1, 0.15) is 0 Å². The highest BCUT2D eigenvalue weighted by molar-refractivity contribution is 6.04. The van der Waals surface area contributed by atoms with Crippen LogP contribution in [0.5, 0.6) is 0 Å². The summed E-state index contributed by atoms with van der Waals surface area (Å²) in [6.07, 6.45) is 0. The average molecular weight is 776 g/mol. The van der Waals surface area contributed by atoms with Gasteiger partial charge in [0.05, 0.1) is 0 Å². The summed E-state index contributed by atoms with van der Waals surface area (Å²) in [6.45, 7) is 0. The van der Waals surface area contributed by atoms with Gasteiger partial charge in [0.1, 0.15) is 0 Å². The maximum atomic E-state index is 2.36. The van der Waals surface area contributed by atoms with Crippen LogP contribution in [0, 0.1) is 0 Å². The van der Waals surface area contributed by atoms with Gasteiger partial charge in [-0.1, -0.05) is 200 Å². The Hall–Kier alpha value is -8.00. The van der Waals surface area contributed by atoms with Crippen molar-refractivity contribution >= 4 is 49.4 Å². The van der Waals surface area contributed by atoms with E-state index >= 15 is 0 Å². The van der Waals surface area contributed by atoms with Crippen molar-refractivity contribution in [1.29, 1.82) is 0 Å². The Bertz CT molecular complexity index is 3310. The third-order valence-electron chi connectivity index (χ3n) is 12.1. The summed E-state index contributed by atoms with van der Waals surface area (Å²) in [4.78, 5) is 2.36. The maximum Gasteiger partial charge on any atom is 0.0462 e. The van der Waals surface area contributed by atoms with Gasteiger partial charge in [0.2, 0.25) is 0 Å². The molecule has 61 heavy (non-hydrogen) atoms. The first kappa shape index (κ1) is 36.1. The summed E-state index contributed by atoms with van der Waals surface area (Å²) in [5.41, 5.74) is 15.4. The van der Waals surface area contributed by atoms with Crippen molar-refractivity contribution in [2.24, 2.45) is 0 Å².